The molecule has 0 heterocycles. The molecule has 3 rings (SSSR count). The van der Waals surface area contributed by atoms with Gasteiger partial charge in [0.25, 0.3) is 0 Å². The Kier molecular flexibility index (Phi) is 10.2. The van der Waals surface area contributed by atoms with Crippen molar-refractivity contribution in [1.82, 2.24) is 0 Å². The van der Waals surface area contributed by atoms with Gasteiger partial charge in [0.05, 0.1) is 0 Å². The first-order valence-electron chi connectivity index (χ1n) is 12.3. The molecule has 0 N–H and O–H groups in total. The molecule has 0 unspecified atom stereocenters. The number of hydrogen-bond acceptors (Lipinski definition) is 11. The third-order valence-corrected chi connectivity index (χ3v) is 10.7. The summed E-state index contributed by atoms with van der Waals surface area (Å²) in [4.78, 5) is 13.2. The van der Waals surface area contributed by atoms with Gasteiger partial charge in [-0.1, -0.05) is 0 Å². The molecular weight excluding hydrogens is 555 g/mol. The summed E-state index contributed by atoms with van der Waals surface area (Å²) in [5.41, 5.74) is 0. The molecule has 0 saturated carbocycles. The maximum absolute atomic E-state index is 13.2. The van der Waals surface area contributed by atoms with E-state index < -0.39 is 13.5 Å². The van der Waals surface area contributed by atoms with Crippen LogP contribution in [-0.2, 0) is 9.32 Å². The van der Waals surface area contributed by atoms with Crippen LogP contribution in [0, 0.1) is 0 Å². The van der Waals surface area contributed by atoms with Crippen LogP contribution in [0.15, 0.2) is 36.4 Å². The average molecular weight is 593 g/mol. The fourth-order valence-electron chi connectivity index (χ4n) is 4.80. The second-order valence-corrected chi connectivity index (χ2v) is 11.6. The first-order chi connectivity index (χ1) is 19.7. The average Bonchev–Trinajstić information content (AvgIpc) is 3.01. The van der Waals surface area contributed by atoms with Crippen LogP contribution >= 0.6 is 7.49 Å². The molecule has 41 heavy (non-hydrogen) atoms. The molecule has 0 aliphatic carbocycles. The van der Waals surface area contributed by atoms with E-state index in [4.69, 9.17) is 47.2 Å². The number of carbonyl (C=O) groups excluding carboxylic acids is 1. The van der Waals surface area contributed by atoms with Crippen molar-refractivity contribution in [2.24, 2.45) is 0 Å². The Bertz CT molecular complexity index is 1160. The fraction of sp³-hybridized carbons (Fsp3) is 0.345. The Morgan fingerprint density at radius 1 is 0.439 bits per heavy atom. The normalized spacial score (nSPS) is 11.2. The van der Waals surface area contributed by atoms with Gasteiger partial charge in [0.15, 0.2) is 0 Å². The topological polar surface area (TPSA) is 109 Å². The number of hydrogen-bond donors (Lipinski definition) is 0. The number of benzene rings is 3. The van der Waals surface area contributed by atoms with Gasteiger partial charge in [0.1, 0.15) is 0 Å². The molecule has 3 aromatic carbocycles. The maximum atomic E-state index is 13.2. The summed E-state index contributed by atoms with van der Waals surface area (Å²) in [6, 6.07) is 10.0. The molecule has 0 spiro atoms. The van der Waals surface area contributed by atoms with Crippen molar-refractivity contribution in [2.45, 2.75) is 6.92 Å². The Balaban J connectivity index is 2.82. The summed E-state index contributed by atoms with van der Waals surface area (Å²) in [5, 5.41) is 1.21. The number of carbonyl (C=O) groups is 1. The van der Waals surface area contributed by atoms with Crippen molar-refractivity contribution in [3.63, 3.8) is 0 Å². The Morgan fingerprint density at radius 2 is 0.659 bits per heavy atom. The first-order valence-corrected chi connectivity index (χ1v) is 14.2. The summed E-state index contributed by atoms with van der Waals surface area (Å²) in [5.74, 6) is 2.65. The van der Waals surface area contributed by atoms with E-state index in [9.17, 15) is 4.79 Å². The van der Waals surface area contributed by atoms with Crippen LogP contribution in [0.1, 0.15) is 6.92 Å². The zero-order chi connectivity index (χ0) is 30.3. The van der Waals surface area contributed by atoms with Gasteiger partial charge in [0, 0.05) is 0 Å². The summed E-state index contributed by atoms with van der Waals surface area (Å²) in [6.07, 6.45) is 0. The molecule has 224 valence electrons. The quantitative estimate of drug-likeness (QED) is 0.273. The zero-order valence-electron chi connectivity index (χ0n) is 25.0. The molecule has 0 saturated heterocycles. The second-order valence-electron chi connectivity index (χ2n) is 8.50. The summed E-state index contributed by atoms with van der Waals surface area (Å²) in [7, 11) is 9.29. The summed E-state index contributed by atoms with van der Waals surface area (Å²) < 4.78 is 58.6. The van der Waals surface area contributed by atoms with E-state index >= 15 is 0 Å². The Labute approximate surface area is 240 Å². The SMILES string of the molecule is COc1cc(OC)c([PH](OC(C)=O)(c2c(OC)cc(OC)cc2OC)c2c(OC)cc(OC)cc2OC)c(OC)c1. The van der Waals surface area contributed by atoms with E-state index in [1.54, 1.807) is 36.4 Å². The van der Waals surface area contributed by atoms with Crippen molar-refractivity contribution < 1.29 is 52.0 Å². The summed E-state index contributed by atoms with van der Waals surface area (Å²) in [6.45, 7) is 1.31. The van der Waals surface area contributed by atoms with Crippen molar-refractivity contribution in [3.8, 4) is 51.7 Å². The van der Waals surface area contributed by atoms with Crippen LogP contribution in [0.2, 0.25) is 0 Å². The van der Waals surface area contributed by atoms with Gasteiger partial charge in [-0.2, -0.15) is 0 Å². The van der Waals surface area contributed by atoms with Crippen LogP contribution in [0.25, 0.3) is 0 Å². The number of rotatable bonds is 13. The third-order valence-electron chi connectivity index (χ3n) is 6.50. The van der Waals surface area contributed by atoms with E-state index in [-0.39, 0.29) is 0 Å². The van der Waals surface area contributed by atoms with Crippen molar-refractivity contribution >= 4 is 29.4 Å². The van der Waals surface area contributed by atoms with Gasteiger partial charge in [-0.05, 0) is 0 Å². The Morgan fingerprint density at radius 3 is 0.805 bits per heavy atom. The van der Waals surface area contributed by atoms with Crippen molar-refractivity contribution in [1.29, 1.82) is 0 Å². The minimum atomic E-state index is -4.25. The van der Waals surface area contributed by atoms with Crippen LogP contribution in [0.3, 0.4) is 0 Å². The molecule has 0 fully saturated rings. The Hall–Kier alpha value is -4.24. The van der Waals surface area contributed by atoms with Gasteiger partial charge in [-0.3, -0.25) is 0 Å². The molecule has 0 atom stereocenters. The number of methoxy groups -OCH3 is 9. The molecule has 0 bridgehead atoms. The van der Waals surface area contributed by atoms with Gasteiger partial charge in [0.2, 0.25) is 0 Å². The van der Waals surface area contributed by atoms with E-state index in [1.165, 1.54) is 70.9 Å². The van der Waals surface area contributed by atoms with Crippen molar-refractivity contribution in [2.75, 3.05) is 64.0 Å². The van der Waals surface area contributed by atoms with E-state index in [0.717, 1.165) is 0 Å². The minimum absolute atomic E-state index is 0.314. The molecule has 12 heteroatoms. The first kappa shape index (κ1) is 31.3. The van der Waals surface area contributed by atoms with Crippen LogP contribution in [0.4, 0.5) is 0 Å². The molecule has 0 radical (unpaired) electrons. The monoisotopic (exact) mass is 592 g/mol. The molecular formula is C29H37O11P. The summed E-state index contributed by atoms with van der Waals surface area (Å²) >= 11 is 0. The van der Waals surface area contributed by atoms with Crippen LogP contribution < -0.4 is 58.5 Å². The molecule has 3 aromatic rings. The predicted molar refractivity (Wildman–Crippen MR) is 157 cm³/mol. The molecule has 0 aromatic heterocycles. The molecule has 11 nitrogen and oxygen atoms in total. The van der Waals surface area contributed by atoms with Crippen LogP contribution in [-0.4, -0.2) is 70.0 Å². The van der Waals surface area contributed by atoms with Gasteiger partial charge in [-0.25, -0.2) is 0 Å². The third kappa shape index (κ3) is 5.67. The van der Waals surface area contributed by atoms with Gasteiger partial charge in [-0.15, -0.1) is 0 Å². The number of ether oxygens (including phenoxy) is 9. The van der Waals surface area contributed by atoms with Gasteiger partial charge < -0.3 is 0 Å². The van der Waals surface area contributed by atoms with Crippen molar-refractivity contribution in [3.05, 3.63) is 36.4 Å². The standard InChI is InChI=1S/C29H37O11P/c1-17(30)40-41(27-21(34-5)11-18(31-2)12-22(27)35-6,28-23(36-7)13-19(32-3)14-24(28)37-8)29-25(38-9)15-20(33-4)16-26(29)39-10/h11-16,41H,1-10H3. The predicted octanol–water partition coefficient (Wildman–Crippen LogP) is 3.27. The van der Waals surface area contributed by atoms with Crippen LogP contribution in [0.5, 0.6) is 51.7 Å². The second kappa shape index (κ2) is 13.4. The van der Waals surface area contributed by atoms with E-state index in [1.807, 2.05) is 0 Å². The van der Waals surface area contributed by atoms with E-state index in [2.05, 4.69) is 0 Å². The molecule has 0 aliphatic rings. The fourth-order valence-corrected chi connectivity index (χ4v) is 9.42. The zero-order valence-corrected chi connectivity index (χ0v) is 26.0. The molecule has 0 amide bonds. The van der Waals surface area contributed by atoms with E-state index in [0.29, 0.717) is 67.7 Å². The molecule has 0 aliphatic heterocycles. The van der Waals surface area contributed by atoms with Gasteiger partial charge >= 0.3 is 240 Å².